The summed E-state index contributed by atoms with van der Waals surface area (Å²) in [6.45, 7) is 0.162. The normalized spacial score (nSPS) is 10.1. The van der Waals surface area contributed by atoms with E-state index in [-0.39, 0.29) is 6.61 Å². The lowest BCUT2D eigenvalue weighted by Gasteiger charge is -1.79. The molecule has 0 saturated heterocycles. The molecule has 0 fully saturated rings. The molecule has 0 rings (SSSR count). The predicted molar refractivity (Wildman–Crippen MR) is 31.5 cm³/mol. The van der Waals surface area contributed by atoms with E-state index in [0.29, 0.717) is 12.8 Å². The first-order valence-electron chi connectivity index (χ1n) is 2.61. The highest BCUT2D eigenvalue weighted by atomic mass is 16.2. The van der Waals surface area contributed by atoms with Crippen LogP contribution < -0.4 is 0 Å². The van der Waals surface area contributed by atoms with Crippen LogP contribution in [0.15, 0.2) is 12.2 Å². The molecule has 46 valence electrons. The zero-order valence-corrected chi connectivity index (χ0v) is 4.71. The summed E-state index contributed by atoms with van der Waals surface area (Å²) in [6.07, 6.45) is 5.46. The number of aldehydes is 1. The fourth-order valence-corrected chi connectivity index (χ4v) is 0.344. The molecule has 0 spiro atoms. The van der Waals surface area contributed by atoms with Crippen molar-refractivity contribution in [3.63, 3.8) is 0 Å². The van der Waals surface area contributed by atoms with Gasteiger partial charge in [0, 0.05) is 13.0 Å². The largest absolute Gasteiger partial charge is 0.396 e. The summed E-state index contributed by atoms with van der Waals surface area (Å²) < 4.78 is 0. The molecule has 2 heteroatoms. The SMILES string of the molecule is O=CC/C=C/CCO. The van der Waals surface area contributed by atoms with Gasteiger partial charge in [0.25, 0.3) is 0 Å². The maximum atomic E-state index is 9.65. The minimum absolute atomic E-state index is 0.162. The van der Waals surface area contributed by atoms with Crippen LogP contribution in [-0.4, -0.2) is 18.0 Å². The van der Waals surface area contributed by atoms with Crippen LogP contribution in [0.4, 0.5) is 0 Å². The summed E-state index contributed by atoms with van der Waals surface area (Å²) in [4.78, 5) is 9.65. The fraction of sp³-hybridized carbons (Fsp3) is 0.500. The van der Waals surface area contributed by atoms with E-state index in [9.17, 15) is 4.79 Å². The van der Waals surface area contributed by atoms with Crippen LogP contribution in [0.3, 0.4) is 0 Å². The lowest BCUT2D eigenvalue weighted by Crippen LogP contribution is -1.75. The molecular weight excluding hydrogens is 104 g/mol. The molecule has 8 heavy (non-hydrogen) atoms. The Hall–Kier alpha value is -0.630. The molecule has 0 aromatic heterocycles. The van der Waals surface area contributed by atoms with Gasteiger partial charge in [-0.25, -0.2) is 0 Å². The molecule has 0 aliphatic rings. The first-order valence-corrected chi connectivity index (χ1v) is 2.61. The van der Waals surface area contributed by atoms with Crippen molar-refractivity contribution in [1.29, 1.82) is 0 Å². The predicted octanol–water partition coefficient (Wildman–Crippen LogP) is 0.514. The minimum atomic E-state index is 0.162. The summed E-state index contributed by atoms with van der Waals surface area (Å²) >= 11 is 0. The molecule has 1 N–H and O–H groups in total. The highest BCUT2D eigenvalue weighted by Crippen LogP contribution is 1.81. The van der Waals surface area contributed by atoms with Crippen LogP contribution in [0, 0.1) is 0 Å². The van der Waals surface area contributed by atoms with Crippen LogP contribution in [0.2, 0.25) is 0 Å². The van der Waals surface area contributed by atoms with Gasteiger partial charge in [0.2, 0.25) is 0 Å². The molecule has 0 saturated carbocycles. The van der Waals surface area contributed by atoms with E-state index in [2.05, 4.69) is 0 Å². The molecular formula is C6H10O2. The van der Waals surface area contributed by atoms with Crippen molar-refractivity contribution in [2.24, 2.45) is 0 Å². The lowest BCUT2D eigenvalue weighted by molar-refractivity contribution is -0.107. The van der Waals surface area contributed by atoms with E-state index in [1.165, 1.54) is 0 Å². The summed E-state index contributed by atoms with van der Waals surface area (Å²) in [7, 11) is 0. The third-order valence-corrected chi connectivity index (χ3v) is 0.695. The Morgan fingerprint density at radius 1 is 1.38 bits per heavy atom. The maximum absolute atomic E-state index is 9.65. The molecule has 0 atom stereocenters. The van der Waals surface area contributed by atoms with Crippen molar-refractivity contribution in [1.82, 2.24) is 0 Å². The maximum Gasteiger partial charge on any atom is 0.123 e. The minimum Gasteiger partial charge on any atom is -0.396 e. The van der Waals surface area contributed by atoms with Crippen molar-refractivity contribution in [2.75, 3.05) is 6.61 Å². The monoisotopic (exact) mass is 114 g/mol. The van der Waals surface area contributed by atoms with Crippen LogP contribution in [0.25, 0.3) is 0 Å². The highest BCUT2D eigenvalue weighted by Gasteiger charge is 1.72. The zero-order chi connectivity index (χ0) is 6.24. The zero-order valence-electron chi connectivity index (χ0n) is 4.71. The van der Waals surface area contributed by atoms with Gasteiger partial charge in [0.05, 0.1) is 0 Å². The molecule has 0 heterocycles. The van der Waals surface area contributed by atoms with Crippen LogP contribution in [0.5, 0.6) is 0 Å². The molecule has 0 aliphatic carbocycles. The van der Waals surface area contributed by atoms with Crippen LogP contribution in [0.1, 0.15) is 12.8 Å². The number of hydrogen-bond acceptors (Lipinski definition) is 2. The second kappa shape index (κ2) is 6.37. The van der Waals surface area contributed by atoms with Gasteiger partial charge < -0.3 is 9.90 Å². The highest BCUT2D eigenvalue weighted by molar-refractivity contribution is 5.51. The summed E-state index contributed by atoms with van der Waals surface area (Å²) in [5, 5.41) is 8.23. The molecule has 0 bridgehead atoms. The topological polar surface area (TPSA) is 37.3 Å². The van der Waals surface area contributed by atoms with Gasteiger partial charge in [-0.05, 0) is 6.42 Å². The van der Waals surface area contributed by atoms with Crippen LogP contribution >= 0.6 is 0 Å². The molecule has 0 aromatic carbocycles. The van der Waals surface area contributed by atoms with Gasteiger partial charge >= 0.3 is 0 Å². The Bertz CT molecular complexity index is 76.6. The third-order valence-electron chi connectivity index (χ3n) is 0.695. The first-order chi connectivity index (χ1) is 3.91. The molecule has 0 aromatic rings. The average Bonchev–Trinajstić information content (AvgIpc) is 1.81. The van der Waals surface area contributed by atoms with Gasteiger partial charge in [-0.3, -0.25) is 0 Å². The van der Waals surface area contributed by atoms with Crippen molar-refractivity contribution in [2.45, 2.75) is 12.8 Å². The molecule has 0 aliphatic heterocycles. The summed E-state index contributed by atoms with van der Waals surface area (Å²) in [5.74, 6) is 0. The van der Waals surface area contributed by atoms with Crippen molar-refractivity contribution < 1.29 is 9.90 Å². The van der Waals surface area contributed by atoms with Gasteiger partial charge in [-0.1, -0.05) is 12.2 Å². The smallest absolute Gasteiger partial charge is 0.123 e. The molecule has 0 amide bonds. The second-order valence-corrected chi connectivity index (χ2v) is 1.39. The molecule has 0 unspecified atom stereocenters. The number of hydrogen-bond donors (Lipinski definition) is 1. The average molecular weight is 114 g/mol. The quantitative estimate of drug-likeness (QED) is 0.427. The Morgan fingerprint density at radius 3 is 2.62 bits per heavy atom. The number of carbonyl (C=O) groups is 1. The Balaban J connectivity index is 2.94. The number of aliphatic hydroxyl groups is 1. The van der Waals surface area contributed by atoms with Crippen molar-refractivity contribution in [3.05, 3.63) is 12.2 Å². The van der Waals surface area contributed by atoms with E-state index in [1.807, 2.05) is 0 Å². The van der Waals surface area contributed by atoms with E-state index < -0.39 is 0 Å². The Kier molecular flexibility index (Phi) is 5.87. The number of carbonyl (C=O) groups excluding carboxylic acids is 1. The van der Waals surface area contributed by atoms with E-state index in [4.69, 9.17) is 5.11 Å². The lowest BCUT2D eigenvalue weighted by atomic mass is 10.3. The standard InChI is InChI=1S/C6H10O2/c7-5-3-1-2-4-6-8/h1-2,5,8H,3-4,6H2/b2-1+. The Labute approximate surface area is 48.8 Å². The Morgan fingerprint density at radius 2 is 2.12 bits per heavy atom. The number of allylic oxidation sites excluding steroid dienone is 1. The van der Waals surface area contributed by atoms with Crippen molar-refractivity contribution >= 4 is 6.29 Å². The number of aliphatic hydroxyl groups excluding tert-OH is 1. The van der Waals surface area contributed by atoms with Crippen molar-refractivity contribution in [3.8, 4) is 0 Å². The second-order valence-electron chi connectivity index (χ2n) is 1.39. The first kappa shape index (κ1) is 7.37. The van der Waals surface area contributed by atoms with E-state index in [0.717, 1.165) is 6.29 Å². The van der Waals surface area contributed by atoms with Gasteiger partial charge in [0.15, 0.2) is 0 Å². The van der Waals surface area contributed by atoms with Gasteiger partial charge in [-0.2, -0.15) is 0 Å². The van der Waals surface area contributed by atoms with E-state index >= 15 is 0 Å². The number of rotatable bonds is 4. The van der Waals surface area contributed by atoms with Crippen LogP contribution in [-0.2, 0) is 4.79 Å². The van der Waals surface area contributed by atoms with Gasteiger partial charge in [0.1, 0.15) is 6.29 Å². The molecule has 0 radical (unpaired) electrons. The van der Waals surface area contributed by atoms with E-state index in [1.54, 1.807) is 12.2 Å². The third kappa shape index (κ3) is 5.37. The fourth-order valence-electron chi connectivity index (χ4n) is 0.344. The van der Waals surface area contributed by atoms with Gasteiger partial charge in [-0.15, -0.1) is 0 Å². The summed E-state index contributed by atoms with van der Waals surface area (Å²) in [5.41, 5.74) is 0. The summed E-state index contributed by atoms with van der Waals surface area (Å²) in [6, 6.07) is 0. The molecule has 2 nitrogen and oxygen atoms in total.